The fraction of sp³-hybridized carbons (Fsp3) is 0.303. The summed E-state index contributed by atoms with van der Waals surface area (Å²) in [5, 5.41) is 12.5. The lowest BCUT2D eigenvalue weighted by atomic mass is 10.3. The molecular formula is C66H83N14O16P. The molecule has 0 aliphatic heterocycles. The number of fused-ring (bicyclic) bond motifs is 4. The van der Waals surface area contributed by atoms with Gasteiger partial charge in [0, 0.05) is 123 Å². The number of para-hydroxylation sites is 8. The summed E-state index contributed by atoms with van der Waals surface area (Å²) in [5.41, 5.74) is 6.48. The average molecular weight is 1360 g/mol. The molecule has 0 unspecified atom stereocenters. The van der Waals surface area contributed by atoms with E-state index < -0.39 is 13.6 Å². The van der Waals surface area contributed by atoms with Gasteiger partial charge < -0.3 is 80.2 Å². The summed E-state index contributed by atoms with van der Waals surface area (Å²) in [4.78, 5) is 88.4. The zero-order valence-electron chi connectivity index (χ0n) is 57.1. The van der Waals surface area contributed by atoms with Crippen LogP contribution in [0.15, 0.2) is 153 Å². The molecule has 3 N–H and O–H groups in total. The molecule has 11 aromatic rings. The Morgan fingerprint density at radius 3 is 1.27 bits per heavy atom. The van der Waals surface area contributed by atoms with Crippen molar-refractivity contribution in [2.24, 2.45) is 0 Å². The van der Waals surface area contributed by atoms with Crippen LogP contribution in [0.5, 0.6) is 0 Å². The zero-order chi connectivity index (χ0) is 71.6. The molecular weight excluding hydrogens is 1280 g/mol. The fourth-order valence-corrected chi connectivity index (χ4v) is 8.34. The number of aromatic nitrogens is 7. The molecule has 0 radical (unpaired) electrons. The Morgan fingerprint density at radius 2 is 0.897 bits per heavy atom. The number of aryl methyl sites for hydroxylation is 2. The topological polar surface area (TPSA) is 364 Å². The Hall–Kier alpha value is -11.2. The van der Waals surface area contributed by atoms with E-state index in [1.54, 1.807) is 83.6 Å². The molecule has 4 aromatic carbocycles. The van der Waals surface area contributed by atoms with Gasteiger partial charge in [-0.3, -0.25) is 24.0 Å². The molecule has 30 nitrogen and oxygen atoms in total. The number of anilines is 3. The van der Waals surface area contributed by atoms with Crippen molar-refractivity contribution >= 4 is 123 Å². The highest BCUT2D eigenvalue weighted by Crippen LogP contribution is 2.46. The third-order valence-electron chi connectivity index (χ3n) is 11.5. The van der Waals surface area contributed by atoms with Gasteiger partial charge in [0.2, 0.25) is 59.3 Å². The van der Waals surface area contributed by atoms with Gasteiger partial charge in [0.05, 0.1) is 38.3 Å². The zero-order valence-corrected chi connectivity index (χ0v) is 58.0. The monoisotopic (exact) mass is 1360 g/mol. The number of likely N-dealkylation sites (N-methyl/N-ethyl adjacent to an activating group) is 1. The standard InChI is InChI=1S/C14H13N3O2.C11H12N2O.C9H17N2O4P.C8H5NO2.C8H7NO.C6H12N2O2.C6H10N2O.C4H7NO3/c1-17(2)14-9-15-12(19-14)7-8-13-16-10-5-3-4-6-11(10)18-13;1-13(2)8-7-11-12-9-5-3-4-6-10(9)14-11;1-5-13-16(12,14-6-2)9-10-7-8(15-9)11(3)4;10-5-8-9-6-3-1-2-4-7(6)11-8;1-6-9-7-4-2-3-5-8(7)10-6;1-5(9)7-4-6(10)8(2)3;1-5-7-4-6(9-5)8(2)3;1-3(6)5-2-4(7)8/h3-9H,1-2H3;3-8H,1-2H3;7H,5-6H2,1-4H3;1-5H;2-5H,1H3;4H2,1-3H3,(H,7,9);4H,1-3H3;2H2,1H3,(H,5,6)(H,7,8)/b2*8-7+;;;;;;. The number of benzene rings is 4. The van der Waals surface area contributed by atoms with Crippen LogP contribution in [-0.4, -0.2) is 177 Å². The van der Waals surface area contributed by atoms with Gasteiger partial charge in [-0.15, -0.1) is 0 Å². The Kier molecular flexibility index (Phi) is 32.3. The van der Waals surface area contributed by atoms with E-state index in [0.29, 0.717) is 47.2 Å². The number of carbonyl (C=O) groups is 5. The SMILES string of the molecule is CC(=O)NCC(=O)N(C)C.CC(=O)NCC(=O)O.CCOP(=O)(OCC)c1ncc(N(C)C)o1.CN(C)/C=C/c1nc2ccccc2o1.CN(C)c1cnc(/C=C/c2nc3ccccc3o2)o1.Cc1nc2ccccc2o1.Cc1ncc(N(C)C)o1.O=Cc1nc2ccccc2o1. The summed E-state index contributed by atoms with van der Waals surface area (Å²) < 4.78 is 59.8. The van der Waals surface area contributed by atoms with Crippen molar-refractivity contribution in [3.05, 3.63) is 157 Å². The van der Waals surface area contributed by atoms with E-state index in [0.717, 1.165) is 50.6 Å². The molecule has 3 amide bonds. The fourth-order valence-electron chi connectivity index (χ4n) is 6.96. The van der Waals surface area contributed by atoms with Gasteiger partial charge in [-0.05, 0) is 62.4 Å². The van der Waals surface area contributed by atoms with Crippen LogP contribution in [0.25, 0.3) is 62.6 Å². The van der Waals surface area contributed by atoms with E-state index >= 15 is 0 Å². The van der Waals surface area contributed by atoms with E-state index in [1.165, 1.54) is 24.9 Å². The maximum Gasteiger partial charge on any atom is 0.416 e. The Bertz CT molecular complexity index is 4150. The number of nitrogens with zero attached hydrogens (tertiary/aromatic N) is 12. The molecule has 31 heteroatoms. The first kappa shape index (κ1) is 78.2. The minimum Gasteiger partial charge on any atom is -0.480 e. The van der Waals surface area contributed by atoms with Crippen molar-refractivity contribution in [1.29, 1.82) is 0 Å². The van der Waals surface area contributed by atoms with Crippen LogP contribution in [0.1, 0.15) is 67.8 Å². The molecule has 0 aliphatic carbocycles. The molecule has 7 heterocycles. The lowest BCUT2D eigenvalue weighted by Crippen LogP contribution is -2.35. The number of carbonyl (C=O) groups excluding carboxylic acids is 4. The molecule has 97 heavy (non-hydrogen) atoms. The van der Waals surface area contributed by atoms with Crippen molar-refractivity contribution in [2.45, 2.75) is 41.5 Å². The Balaban J connectivity index is 0.000000240. The quantitative estimate of drug-likeness (QED) is 0.0563. The number of hydrogen-bond acceptors (Lipinski definition) is 26. The number of amides is 3. The highest BCUT2D eigenvalue weighted by Gasteiger charge is 2.33. The normalized spacial score (nSPS) is 10.5. The van der Waals surface area contributed by atoms with Gasteiger partial charge in [0.25, 0.3) is 5.89 Å². The molecule has 0 atom stereocenters. The summed E-state index contributed by atoms with van der Waals surface area (Å²) in [6.45, 7) is 10.1. The predicted molar refractivity (Wildman–Crippen MR) is 369 cm³/mol. The van der Waals surface area contributed by atoms with Crippen molar-refractivity contribution < 1.29 is 73.6 Å². The van der Waals surface area contributed by atoms with Gasteiger partial charge in [-0.25, -0.2) is 39.5 Å². The van der Waals surface area contributed by atoms with Gasteiger partial charge in [0.15, 0.2) is 34.1 Å². The first-order valence-corrected chi connectivity index (χ1v) is 31.2. The number of carboxylic acids is 1. The second-order valence-corrected chi connectivity index (χ2v) is 22.6. The Morgan fingerprint density at radius 1 is 0.495 bits per heavy atom. The summed E-state index contributed by atoms with van der Waals surface area (Å²) in [7, 11) is 15.0. The van der Waals surface area contributed by atoms with Crippen molar-refractivity contribution in [3.8, 4) is 0 Å². The summed E-state index contributed by atoms with van der Waals surface area (Å²) >= 11 is 0. The van der Waals surface area contributed by atoms with Crippen LogP contribution < -0.4 is 31.0 Å². The van der Waals surface area contributed by atoms with E-state index in [-0.39, 0.29) is 55.5 Å². The van der Waals surface area contributed by atoms with E-state index in [2.05, 4.69) is 45.5 Å². The smallest absolute Gasteiger partial charge is 0.416 e. The van der Waals surface area contributed by atoms with Crippen molar-refractivity contribution in [3.63, 3.8) is 0 Å². The first-order valence-electron chi connectivity index (χ1n) is 29.7. The van der Waals surface area contributed by atoms with Crippen LogP contribution in [0.4, 0.5) is 17.7 Å². The predicted octanol–water partition coefficient (Wildman–Crippen LogP) is 10.3. The highest BCUT2D eigenvalue weighted by molar-refractivity contribution is 7.61. The third-order valence-corrected chi connectivity index (χ3v) is 13.4. The highest BCUT2D eigenvalue weighted by atomic mass is 31.2. The average Bonchev–Trinajstić information content (AvgIpc) is 1.79. The molecule has 0 aliphatic rings. The van der Waals surface area contributed by atoms with Crippen molar-refractivity contribution in [2.75, 3.05) is 111 Å². The molecule has 11 rings (SSSR count). The van der Waals surface area contributed by atoms with E-state index in [9.17, 15) is 28.5 Å². The largest absolute Gasteiger partial charge is 0.480 e. The van der Waals surface area contributed by atoms with Gasteiger partial charge >= 0.3 is 19.2 Å². The molecule has 0 fully saturated rings. The second-order valence-electron chi connectivity index (χ2n) is 20.7. The number of rotatable bonds is 17. The van der Waals surface area contributed by atoms with E-state index in [4.69, 9.17) is 45.1 Å². The minimum absolute atomic E-state index is 0.0000926. The number of aldehydes is 1. The number of nitrogens with one attached hydrogen (secondary N) is 2. The second kappa shape index (κ2) is 40.1. The number of hydrogen-bond donors (Lipinski definition) is 3. The molecule has 0 spiro atoms. The van der Waals surface area contributed by atoms with Crippen molar-refractivity contribution in [1.82, 2.24) is 55.3 Å². The van der Waals surface area contributed by atoms with Gasteiger partial charge in [-0.2, -0.15) is 0 Å². The lowest BCUT2D eigenvalue weighted by molar-refractivity contribution is -0.137. The summed E-state index contributed by atoms with van der Waals surface area (Å²) in [6, 6.07) is 30.4. The molecule has 518 valence electrons. The maximum atomic E-state index is 12.2. The van der Waals surface area contributed by atoms with Crippen LogP contribution >= 0.6 is 7.60 Å². The van der Waals surface area contributed by atoms with Crippen LogP contribution in [0.3, 0.4) is 0 Å². The Labute approximate surface area is 560 Å². The molecule has 7 aromatic heterocycles. The summed E-state index contributed by atoms with van der Waals surface area (Å²) in [6.07, 6.45) is 12.7. The third kappa shape index (κ3) is 28.1. The maximum absolute atomic E-state index is 12.2. The van der Waals surface area contributed by atoms with Gasteiger partial charge in [-0.1, -0.05) is 48.5 Å². The summed E-state index contributed by atoms with van der Waals surface area (Å²) in [5.74, 6) is 3.63. The number of carboxylic acid groups (broad SMARTS) is 1. The molecule has 0 saturated carbocycles. The number of oxazole rings is 7. The van der Waals surface area contributed by atoms with Gasteiger partial charge in [0.1, 0.15) is 28.6 Å². The molecule has 0 bridgehead atoms. The lowest BCUT2D eigenvalue weighted by Gasteiger charge is -2.13. The first-order chi connectivity index (χ1) is 46.1. The van der Waals surface area contributed by atoms with Crippen LogP contribution in [-0.2, 0) is 32.8 Å². The van der Waals surface area contributed by atoms with E-state index in [1.807, 2.05) is 168 Å². The number of aliphatic carboxylic acids is 1. The minimum atomic E-state index is -3.40. The molecule has 0 saturated heterocycles. The van der Waals surface area contributed by atoms with Crippen LogP contribution in [0.2, 0.25) is 0 Å². The van der Waals surface area contributed by atoms with Crippen LogP contribution in [0, 0.1) is 13.8 Å².